The minimum Gasteiger partial charge on any atom is -0.485 e. The molecule has 0 fully saturated rings. The monoisotopic (exact) mass is 532 g/mol. The van der Waals surface area contributed by atoms with Crippen molar-refractivity contribution in [1.82, 2.24) is 4.90 Å². The van der Waals surface area contributed by atoms with E-state index in [0.717, 1.165) is 33.3 Å². The molecule has 1 unspecified atom stereocenters. The Kier molecular flexibility index (Phi) is 8.68. The van der Waals surface area contributed by atoms with Crippen LogP contribution in [-0.4, -0.2) is 55.4 Å². The van der Waals surface area contributed by atoms with E-state index in [4.69, 9.17) is 14.2 Å². The third-order valence-corrected chi connectivity index (χ3v) is 6.90. The van der Waals surface area contributed by atoms with E-state index in [9.17, 15) is 9.59 Å². The predicted molar refractivity (Wildman–Crippen MR) is 154 cm³/mol. The molecule has 4 rings (SSSR count). The molecule has 7 nitrogen and oxygen atoms in total. The van der Waals surface area contributed by atoms with Crippen LogP contribution in [0.15, 0.2) is 60.7 Å². The van der Waals surface area contributed by atoms with Crippen molar-refractivity contribution in [1.29, 1.82) is 0 Å². The maximum atomic E-state index is 13.5. The highest BCUT2D eigenvalue weighted by Crippen LogP contribution is 2.35. The zero-order chi connectivity index (χ0) is 28.2. The lowest BCUT2D eigenvalue weighted by Crippen LogP contribution is -2.48. The number of esters is 1. The summed E-state index contributed by atoms with van der Waals surface area (Å²) >= 11 is 0. The smallest absolute Gasteiger partial charge is 0.410 e. The summed E-state index contributed by atoms with van der Waals surface area (Å²) in [6.07, 6.45) is 0.335. The van der Waals surface area contributed by atoms with Gasteiger partial charge in [-0.15, -0.1) is 0 Å². The van der Waals surface area contributed by atoms with Crippen molar-refractivity contribution < 1.29 is 23.8 Å². The van der Waals surface area contributed by atoms with Gasteiger partial charge in [0.2, 0.25) is 0 Å². The molecule has 0 bridgehead atoms. The molecule has 0 saturated heterocycles. The number of anilines is 1. The summed E-state index contributed by atoms with van der Waals surface area (Å²) in [5.74, 6) is 0.568. The zero-order valence-electron chi connectivity index (χ0n) is 23.9. The average Bonchev–Trinajstić information content (AvgIpc) is 2.89. The molecule has 1 aliphatic heterocycles. The SMILES string of the molecule is CCOC(=O)CCc1ccc2c(c1)N(C)CC(CN(C(=O)OC(C)(C)C)[C@H](C)c1cccc3ccccc13)O2. The quantitative estimate of drug-likeness (QED) is 0.307. The minimum absolute atomic E-state index is 0.192. The minimum atomic E-state index is -0.620. The number of nitrogens with zero attached hydrogens (tertiary/aromatic N) is 2. The molecule has 2 atom stereocenters. The molecule has 1 aliphatic rings. The molecule has 0 aliphatic carbocycles. The number of ether oxygens (including phenoxy) is 3. The maximum absolute atomic E-state index is 13.5. The van der Waals surface area contributed by atoms with Gasteiger partial charge in [-0.2, -0.15) is 0 Å². The molecule has 0 spiro atoms. The van der Waals surface area contributed by atoms with E-state index in [2.05, 4.69) is 35.2 Å². The Balaban J connectivity index is 1.56. The number of carbonyl (C=O) groups is 2. The molecule has 1 amide bonds. The van der Waals surface area contributed by atoms with E-state index < -0.39 is 5.60 Å². The molecule has 0 saturated carbocycles. The fourth-order valence-electron chi connectivity index (χ4n) is 5.02. The molecule has 0 aromatic heterocycles. The van der Waals surface area contributed by atoms with Gasteiger partial charge in [-0.05, 0) is 75.1 Å². The zero-order valence-corrected chi connectivity index (χ0v) is 23.9. The summed E-state index contributed by atoms with van der Waals surface area (Å²) < 4.78 is 17.3. The van der Waals surface area contributed by atoms with Crippen LogP contribution in [0, 0.1) is 0 Å². The van der Waals surface area contributed by atoms with Crippen LogP contribution >= 0.6 is 0 Å². The Bertz CT molecular complexity index is 1310. The lowest BCUT2D eigenvalue weighted by Gasteiger charge is -2.39. The van der Waals surface area contributed by atoms with Crippen molar-refractivity contribution >= 4 is 28.5 Å². The highest BCUT2D eigenvalue weighted by atomic mass is 16.6. The van der Waals surface area contributed by atoms with Crippen LogP contribution in [0.5, 0.6) is 5.75 Å². The van der Waals surface area contributed by atoms with Crippen LogP contribution in [0.3, 0.4) is 0 Å². The van der Waals surface area contributed by atoms with Crippen LogP contribution in [0.25, 0.3) is 10.8 Å². The second-order valence-electron chi connectivity index (χ2n) is 11.1. The fraction of sp³-hybridized carbons (Fsp3) is 0.438. The van der Waals surface area contributed by atoms with Gasteiger partial charge in [0, 0.05) is 13.5 Å². The Morgan fingerprint density at radius 3 is 2.59 bits per heavy atom. The first-order valence-corrected chi connectivity index (χ1v) is 13.7. The number of hydrogen-bond acceptors (Lipinski definition) is 6. The number of amides is 1. The molecule has 1 heterocycles. The molecule has 0 radical (unpaired) electrons. The first kappa shape index (κ1) is 28.3. The molecule has 7 heteroatoms. The summed E-state index contributed by atoms with van der Waals surface area (Å²) in [6, 6.07) is 20.2. The Morgan fingerprint density at radius 1 is 1.10 bits per heavy atom. The van der Waals surface area contributed by atoms with Gasteiger partial charge in [-0.25, -0.2) is 4.79 Å². The van der Waals surface area contributed by atoms with E-state index in [0.29, 0.717) is 32.5 Å². The van der Waals surface area contributed by atoms with Gasteiger partial charge >= 0.3 is 12.1 Å². The van der Waals surface area contributed by atoms with Gasteiger partial charge in [0.25, 0.3) is 0 Å². The van der Waals surface area contributed by atoms with Crippen molar-refractivity contribution in [3.8, 4) is 5.75 Å². The first-order valence-electron chi connectivity index (χ1n) is 13.7. The molecule has 3 aromatic carbocycles. The second kappa shape index (κ2) is 12.0. The third-order valence-electron chi connectivity index (χ3n) is 6.90. The number of aryl methyl sites for hydroxylation is 1. The first-order chi connectivity index (χ1) is 18.6. The van der Waals surface area contributed by atoms with Gasteiger partial charge in [0.15, 0.2) is 0 Å². The number of fused-ring (bicyclic) bond motifs is 2. The second-order valence-corrected chi connectivity index (χ2v) is 11.1. The van der Waals surface area contributed by atoms with Gasteiger partial charge in [0.1, 0.15) is 17.5 Å². The van der Waals surface area contributed by atoms with Crippen LogP contribution < -0.4 is 9.64 Å². The van der Waals surface area contributed by atoms with Gasteiger partial charge in [-0.1, -0.05) is 48.5 Å². The largest absolute Gasteiger partial charge is 0.485 e. The molecular weight excluding hydrogens is 492 g/mol. The topological polar surface area (TPSA) is 68.3 Å². The maximum Gasteiger partial charge on any atom is 0.410 e. The van der Waals surface area contributed by atoms with Crippen molar-refractivity contribution in [3.63, 3.8) is 0 Å². The van der Waals surface area contributed by atoms with Crippen LogP contribution in [-0.2, 0) is 20.7 Å². The number of rotatable bonds is 8. The van der Waals surface area contributed by atoms with Crippen molar-refractivity contribution in [3.05, 3.63) is 71.8 Å². The highest BCUT2D eigenvalue weighted by Gasteiger charge is 2.33. The van der Waals surface area contributed by atoms with Crippen molar-refractivity contribution in [2.45, 2.75) is 65.2 Å². The van der Waals surface area contributed by atoms with Crippen LogP contribution in [0.2, 0.25) is 0 Å². The Labute approximate surface area is 231 Å². The number of carbonyl (C=O) groups excluding carboxylic acids is 2. The number of likely N-dealkylation sites (N-methyl/N-ethyl adjacent to an activating group) is 1. The number of hydrogen-bond donors (Lipinski definition) is 0. The van der Waals surface area contributed by atoms with Crippen molar-refractivity contribution in [2.75, 3.05) is 31.6 Å². The molecular formula is C32H40N2O5. The van der Waals surface area contributed by atoms with Crippen LogP contribution in [0.4, 0.5) is 10.5 Å². The lowest BCUT2D eigenvalue weighted by atomic mass is 9.98. The Morgan fingerprint density at radius 2 is 1.85 bits per heavy atom. The lowest BCUT2D eigenvalue weighted by molar-refractivity contribution is -0.143. The fourth-order valence-corrected chi connectivity index (χ4v) is 5.02. The summed E-state index contributed by atoms with van der Waals surface area (Å²) in [6.45, 7) is 10.9. The highest BCUT2D eigenvalue weighted by molar-refractivity contribution is 5.86. The van der Waals surface area contributed by atoms with E-state index in [1.54, 1.807) is 4.90 Å². The van der Waals surface area contributed by atoms with Crippen molar-refractivity contribution in [2.24, 2.45) is 0 Å². The standard InChI is InChI=1S/C32H40N2O5/c1-7-37-30(35)18-16-23-15-17-29-28(19-23)33(6)20-25(38-29)21-34(31(36)39-32(3,4)5)22(2)26-14-10-12-24-11-8-9-13-27(24)26/h8-15,17,19,22,25H,7,16,18,20-21H2,1-6H3/t22-,25?/m1/s1. The molecule has 39 heavy (non-hydrogen) atoms. The van der Waals surface area contributed by atoms with Gasteiger partial charge in [-0.3, -0.25) is 9.69 Å². The molecule has 0 N–H and O–H groups in total. The molecule has 208 valence electrons. The third kappa shape index (κ3) is 7.02. The average molecular weight is 533 g/mol. The van der Waals surface area contributed by atoms with E-state index in [1.165, 1.54) is 0 Å². The van der Waals surface area contributed by atoms with E-state index in [-0.39, 0.29) is 24.2 Å². The summed E-state index contributed by atoms with van der Waals surface area (Å²) in [5.41, 5.74) is 2.47. The van der Waals surface area contributed by atoms with Gasteiger partial charge < -0.3 is 19.1 Å². The normalized spacial score (nSPS) is 15.7. The van der Waals surface area contributed by atoms with Crippen LogP contribution in [0.1, 0.15) is 58.2 Å². The molecule has 3 aromatic rings. The predicted octanol–water partition coefficient (Wildman–Crippen LogP) is 6.53. The van der Waals surface area contributed by atoms with Gasteiger partial charge in [0.05, 0.1) is 31.4 Å². The summed E-state index contributed by atoms with van der Waals surface area (Å²) in [4.78, 5) is 29.2. The van der Waals surface area contributed by atoms with E-state index >= 15 is 0 Å². The van der Waals surface area contributed by atoms with E-state index in [1.807, 2.05) is 72.0 Å². The summed E-state index contributed by atoms with van der Waals surface area (Å²) in [5, 5.41) is 2.25. The summed E-state index contributed by atoms with van der Waals surface area (Å²) in [7, 11) is 2.02. The number of benzene rings is 3. The Hall–Kier alpha value is -3.74.